The molecule has 0 fully saturated rings. The van der Waals surface area contributed by atoms with Crippen molar-refractivity contribution in [1.82, 2.24) is 0 Å². The van der Waals surface area contributed by atoms with Crippen LogP contribution in [-0.4, -0.2) is 4.92 Å². The van der Waals surface area contributed by atoms with Crippen molar-refractivity contribution in [2.45, 2.75) is 0 Å². The van der Waals surface area contributed by atoms with E-state index in [0.717, 1.165) is 9.85 Å². The second kappa shape index (κ2) is 3.29. The van der Waals surface area contributed by atoms with Crippen molar-refractivity contribution >= 4 is 43.0 Å². The maximum absolute atomic E-state index is 13.0. The fourth-order valence-corrected chi connectivity index (χ4v) is 2.79. The summed E-state index contributed by atoms with van der Waals surface area (Å²) < 4.78 is 14.3. The number of hydrogen-bond acceptors (Lipinski definition) is 3. The molecule has 6 heteroatoms. The molecule has 2 rings (SSSR count). The summed E-state index contributed by atoms with van der Waals surface area (Å²) >= 11 is 4.48. The van der Waals surface area contributed by atoms with Gasteiger partial charge in [0.2, 0.25) is 0 Å². The molecule has 0 amide bonds. The lowest BCUT2D eigenvalue weighted by Crippen LogP contribution is -1.89. The number of benzene rings is 1. The first-order valence-electron chi connectivity index (χ1n) is 3.61. The lowest BCUT2D eigenvalue weighted by atomic mass is 10.2. The third-order valence-electron chi connectivity index (χ3n) is 1.75. The second-order valence-corrected chi connectivity index (χ2v) is 5.11. The Labute approximate surface area is 90.4 Å². The van der Waals surface area contributed by atoms with E-state index in [1.807, 2.05) is 0 Å². The highest BCUT2D eigenvalue weighted by atomic mass is 79.9. The van der Waals surface area contributed by atoms with Crippen LogP contribution in [0.4, 0.5) is 10.1 Å². The molecule has 0 saturated carbocycles. The highest BCUT2D eigenvalue weighted by Gasteiger charge is 2.15. The molecule has 14 heavy (non-hydrogen) atoms. The Bertz CT molecular complexity index is 525. The minimum Gasteiger partial charge on any atom is -0.258 e. The van der Waals surface area contributed by atoms with Crippen molar-refractivity contribution in [3.8, 4) is 0 Å². The topological polar surface area (TPSA) is 43.1 Å². The van der Waals surface area contributed by atoms with Crippen molar-refractivity contribution in [2.75, 3.05) is 0 Å². The Balaban J connectivity index is 2.85. The lowest BCUT2D eigenvalue weighted by molar-refractivity contribution is -0.383. The molecule has 0 aliphatic rings. The molecule has 0 aliphatic carbocycles. The summed E-state index contributed by atoms with van der Waals surface area (Å²) in [5.41, 5.74) is -0.193. The van der Waals surface area contributed by atoms with E-state index >= 15 is 0 Å². The molecule has 0 bridgehead atoms. The third kappa shape index (κ3) is 1.51. The highest BCUT2D eigenvalue weighted by molar-refractivity contribution is 9.11. The predicted octanol–water partition coefficient (Wildman–Crippen LogP) is 3.71. The van der Waals surface area contributed by atoms with E-state index in [1.165, 1.54) is 17.4 Å². The number of thiophene rings is 1. The van der Waals surface area contributed by atoms with Crippen molar-refractivity contribution < 1.29 is 9.31 Å². The zero-order valence-corrected chi connectivity index (χ0v) is 9.06. The van der Waals surface area contributed by atoms with Gasteiger partial charge < -0.3 is 0 Å². The van der Waals surface area contributed by atoms with E-state index in [-0.39, 0.29) is 5.69 Å². The van der Waals surface area contributed by atoms with Crippen molar-refractivity contribution in [1.29, 1.82) is 0 Å². The fourth-order valence-electron chi connectivity index (χ4n) is 1.21. The Morgan fingerprint density at radius 3 is 2.79 bits per heavy atom. The number of halogens is 2. The first-order chi connectivity index (χ1) is 6.58. The summed E-state index contributed by atoms with van der Waals surface area (Å²) in [4.78, 5) is 10.0. The molecule has 0 saturated heterocycles. The Kier molecular flexibility index (Phi) is 2.24. The molecule has 0 spiro atoms. The molecule has 1 aromatic carbocycles. The SMILES string of the molecule is O=[N+]([O-])c1cc(F)cc2sc(Br)cc12. The molecular weight excluding hydrogens is 273 g/mol. The first kappa shape index (κ1) is 9.54. The van der Waals surface area contributed by atoms with E-state index in [4.69, 9.17) is 0 Å². The third-order valence-corrected chi connectivity index (χ3v) is 3.33. The van der Waals surface area contributed by atoms with Crippen LogP contribution < -0.4 is 0 Å². The Morgan fingerprint density at radius 1 is 1.43 bits per heavy atom. The predicted molar refractivity (Wildman–Crippen MR) is 56.1 cm³/mol. The smallest absolute Gasteiger partial charge is 0.258 e. The molecule has 0 N–H and O–H groups in total. The lowest BCUT2D eigenvalue weighted by Gasteiger charge is -1.93. The molecule has 2 aromatic rings. The summed E-state index contributed by atoms with van der Waals surface area (Å²) in [5.74, 6) is -0.585. The largest absolute Gasteiger partial charge is 0.281 e. The summed E-state index contributed by atoms with van der Waals surface area (Å²) in [5, 5.41) is 11.1. The average Bonchev–Trinajstić information content (AvgIpc) is 2.42. The first-order valence-corrected chi connectivity index (χ1v) is 5.22. The molecule has 1 aromatic heterocycles. The second-order valence-electron chi connectivity index (χ2n) is 2.64. The quantitative estimate of drug-likeness (QED) is 0.588. The van der Waals surface area contributed by atoms with Crippen LogP contribution in [0.3, 0.4) is 0 Å². The van der Waals surface area contributed by atoms with Crippen LogP contribution >= 0.6 is 27.3 Å². The van der Waals surface area contributed by atoms with Crippen LogP contribution in [0.1, 0.15) is 0 Å². The monoisotopic (exact) mass is 275 g/mol. The number of nitro groups is 1. The number of rotatable bonds is 1. The van der Waals surface area contributed by atoms with Crippen molar-refractivity contribution in [2.24, 2.45) is 0 Å². The average molecular weight is 276 g/mol. The zero-order chi connectivity index (χ0) is 10.3. The summed E-state index contributed by atoms with van der Waals surface area (Å²) in [6.45, 7) is 0. The van der Waals surface area contributed by atoms with E-state index in [0.29, 0.717) is 10.1 Å². The maximum atomic E-state index is 13.0. The Morgan fingerprint density at radius 2 is 2.14 bits per heavy atom. The maximum Gasteiger partial charge on any atom is 0.281 e. The van der Waals surface area contributed by atoms with Gasteiger partial charge in [0.1, 0.15) is 5.82 Å². The number of non-ortho nitro benzene ring substituents is 1. The van der Waals surface area contributed by atoms with Gasteiger partial charge in [-0.05, 0) is 28.1 Å². The highest BCUT2D eigenvalue weighted by Crippen LogP contribution is 2.35. The molecule has 1 heterocycles. The van der Waals surface area contributed by atoms with E-state index < -0.39 is 10.7 Å². The molecular formula is C8H3BrFNO2S. The van der Waals surface area contributed by atoms with Crippen LogP contribution in [0, 0.1) is 15.9 Å². The molecule has 0 aliphatic heterocycles. The van der Waals surface area contributed by atoms with Gasteiger partial charge in [-0.3, -0.25) is 10.1 Å². The normalized spacial score (nSPS) is 10.7. The number of fused-ring (bicyclic) bond motifs is 1. The van der Waals surface area contributed by atoms with Gasteiger partial charge in [-0.25, -0.2) is 4.39 Å². The van der Waals surface area contributed by atoms with Crippen LogP contribution in [-0.2, 0) is 0 Å². The number of nitro benzene ring substituents is 1. The Hall–Kier alpha value is -1.01. The van der Waals surface area contributed by atoms with Crippen LogP contribution in [0.15, 0.2) is 22.0 Å². The van der Waals surface area contributed by atoms with Gasteiger partial charge in [0.05, 0.1) is 20.2 Å². The standard InChI is InChI=1S/C8H3BrFNO2S/c9-8-3-5-6(11(12)13)1-4(10)2-7(5)14-8/h1-3H. The van der Waals surface area contributed by atoms with Gasteiger partial charge in [0.15, 0.2) is 0 Å². The molecule has 72 valence electrons. The van der Waals surface area contributed by atoms with E-state index in [9.17, 15) is 14.5 Å². The minimum atomic E-state index is -0.585. The van der Waals surface area contributed by atoms with Gasteiger partial charge >= 0.3 is 0 Å². The van der Waals surface area contributed by atoms with Crippen LogP contribution in [0.5, 0.6) is 0 Å². The van der Waals surface area contributed by atoms with Crippen LogP contribution in [0.2, 0.25) is 0 Å². The minimum absolute atomic E-state index is 0.193. The van der Waals surface area contributed by atoms with Crippen molar-refractivity contribution in [3.63, 3.8) is 0 Å². The molecule has 3 nitrogen and oxygen atoms in total. The summed E-state index contributed by atoms with van der Waals surface area (Å²) in [6, 6.07) is 3.84. The number of hydrogen-bond donors (Lipinski definition) is 0. The van der Waals surface area contributed by atoms with Gasteiger partial charge in [-0.1, -0.05) is 0 Å². The van der Waals surface area contributed by atoms with Gasteiger partial charge in [0, 0.05) is 4.70 Å². The summed E-state index contributed by atoms with van der Waals surface area (Å²) in [6.07, 6.45) is 0. The van der Waals surface area contributed by atoms with E-state index in [2.05, 4.69) is 15.9 Å². The number of nitrogens with zero attached hydrogens (tertiary/aromatic N) is 1. The van der Waals surface area contributed by atoms with Gasteiger partial charge in [-0.15, -0.1) is 11.3 Å². The molecule has 0 unspecified atom stereocenters. The molecule has 0 atom stereocenters. The van der Waals surface area contributed by atoms with Crippen molar-refractivity contribution in [3.05, 3.63) is 37.9 Å². The summed E-state index contributed by atoms with van der Waals surface area (Å²) in [7, 11) is 0. The van der Waals surface area contributed by atoms with Gasteiger partial charge in [-0.2, -0.15) is 0 Å². The molecule has 0 radical (unpaired) electrons. The fraction of sp³-hybridized carbons (Fsp3) is 0. The zero-order valence-electron chi connectivity index (χ0n) is 6.66. The van der Waals surface area contributed by atoms with E-state index in [1.54, 1.807) is 6.07 Å². The van der Waals surface area contributed by atoms with Gasteiger partial charge in [0.25, 0.3) is 5.69 Å². The van der Waals surface area contributed by atoms with Crippen LogP contribution in [0.25, 0.3) is 10.1 Å².